The first-order valence-corrected chi connectivity index (χ1v) is 7.90. The Balaban J connectivity index is 1.88. The molecular formula is C15H21BrO3. The minimum atomic E-state index is 0.237. The predicted molar refractivity (Wildman–Crippen MR) is 79.4 cm³/mol. The van der Waals surface area contributed by atoms with E-state index in [1.165, 1.54) is 0 Å². The fourth-order valence-corrected chi connectivity index (χ4v) is 2.96. The van der Waals surface area contributed by atoms with Crippen molar-refractivity contribution in [3.8, 4) is 11.5 Å². The molecule has 0 amide bonds. The van der Waals surface area contributed by atoms with E-state index in [9.17, 15) is 0 Å². The molecule has 0 aromatic heterocycles. The lowest BCUT2D eigenvalue weighted by Crippen LogP contribution is -2.25. The second-order valence-electron chi connectivity index (χ2n) is 4.91. The first-order valence-electron chi connectivity index (χ1n) is 6.78. The highest BCUT2D eigenvalue weighted by Crippen LogP contribution is 2.35. The van der Waals surface area contributed by atoms with Crippen LogP contribution in [0.15, 0.2) is 24.3 Å². The fraction of sp³-hybridized carbons (Fsp3) is 0.600. The highest BCUT2D eigenvalue weighted by atomic mass is 79.9. The third-order valence-electron chi connectivity index (χ3n) is 3.51. The lowest BCUT2D eigenvalue weighted by molar-refractivity contribution is 0.143. The Morgan fingerprint density at radius 3 is 2.58 bits per heavy atom. The summed E-state index contributed by atoms with van der Waals surface area (Å²) >= 11 is 3.60. The van der Waals surface area contributed by atoms with E-state index in [4.69, 9.17) is 14.2 Å². The average molecular weight is 329 g/mol. The number of hydrogen-bond donors (Lipinski definition) is 0. The maximum Gasteiger partial charge on any atom is 0.161 e. The van der Waals surface area contributed by atoms with Crippen LogP contribution in [-0.2, 0) is 4.74 Å². The van der Waals surface area contributed by atoms with Gasteiger partial charge in [0.15, 0.2) is 11.5 Å². The van der Waals surface area contributed by atoms with Gasteiger partial charge in [0, 0.05) is 17.4 Å². The predicted octanol–water partition coefficient (Wildman–Crippen LogP) is 3.66. The van der Waals surface area contributed by atoms with E-state index in [1.54, 1.807) is 0 Å². The average Bonchev–Trinajstić information content (AvgIpc) is 2.90. The summed E-state index contributed by atoms with van der Waals surface area (Å²) in [6.45, 7) is 5.01. The van der Waals surface area contributed by atoms with E-state index in [0.29, 0.717) is 13.2 Å². The van der Waals surface area contributed by atoms with E-state index >= 15 is 0 Å². The first-order chi connectivity index (χ1) is 9.29. The van der Waals surface area contributed by atoms with Crippen molar-refractivity contribution in [2.45, 2.75) is 19.8 Å². The number of alkyl halides is 1. The van der Waals surface area contributed by atoms with Crippen LogP contribution in [0.1, 0.15) is 19.8 Å². The lowest BCUT2D eigenvalue weighted by Gasteiger charge is -2.24. The van der Waals surface area contributed by atoms with Crippen LogP contribution in [0.25, 0.3) is 0 Å². The second kappa shape index (κ2) is 7.15. The topological polar surface area (TPSA) is 27.7 Å². The third kappa shape index (κ3) is 3.86. The molecule has 1 heterocycles. The minimum absolute atomic E-state index is 0.237. The largest absolute Gasteiger partial charge is 0.490 e. The molecule has 1 aliphatic rings. The second-order valence-corrected chi connectivity index (χ2v) is 5.48. The van der Waals surface area contributed by atoms with Gasteiger partial charge >= 0.3 is 0 Å². The Kier molecular flexibility index (Phi) is 5.52. The van der Waals surface area contributed by atoms with Crippen molar-refractivity contribution in [1.82, 2.24) is 0 Å². The molecule has 1 atom stereocenters. The van der Waals surface area contributed by atoms with Gasteiger partial charge in [-0.2, -0.15) is 0 Å². The lowest BCUT2D eigenvalue weighted by atomic mass is 9.87. The molecule has 3 nitrogen and oxygen atoms in total. The quantitative estimate of drug-likeness (QED) is 0.715. The van der Waals surface area contributed by atoms with E-state index in [2.05, 4.69) is 15.9 Å². The van der Waals surface area contributed by atoms with Gasteiger partial charge in [-0.05, 0) is 31.9 Å². The van der Waals surface area contributed by atoms with Gasteiger partial charge in [-0.1, -0.05) is 28.1 Å². The summed E-state index contributed by atoms with van der Waals surface area (Å²) in [5.41, 5.74) is 0.237. The van der Waals surface area contributed by atoms with Crippen molar-refractivity contribution in [2.75, 3.05) is 31.8 Å². The number of rotatable bonds is 7. The number of benzene rings is 1. The molecule has 0 bridgehead atoms. The van der Waals surface area contributed by atoms with Crippen molar-refractivity contribution in [3.63, 3.8) is 0 Å². The van der Waals surface area contributed by atoms with Gasteiger partial charge in [0.2, 0.25) is 0 Å². The van der Waals surface area contributed by atoms with Crippen molar-refractivity contribution in [1.29, 1.82) is 0 Å². The molecule has 19 heavy (non-hydrogen) atoms. The Labute approximate surface area is 123 Å². The van der Waals surface area contributed by atoms with Crippen LogP contribution in [0.5, 0.6) is 11.5 Å². The molecule has 0 aliphatic carbocycles. The van der Waals surface area contributed by atoms with Crippen LogP contribution >= 0.6 is 15.9 Å². The van der Waals surface area contributed by atoms with Crippen LogP contribution in [0.4, 0.5) is 0 Å². The Bertz CT molecular complexity index is 389. The van der Waals surface area contributed by atoms with E-state index in [-0.39, 0.29) is 5.41 Å². The molecule has 4 heteroatoms. The standard InChI is InChI=1S/C15H21BrO3/c1-2-18-13-5-3-4-6-14(13)19-10-8-15(11-16)7-9-17-12-15/h3-6H,2,7-12H2,1H3. The normalized spacial score (nSPS) is 22.4. The molecule has 1 aliphatic heterocycles. The van der Waals surface area contributed by atoms with Gasteiger partial charge in [-0.25, -0.2) is 0 Å². The summed E-state index contributed by atoms with van der Waals surface area (Å²) in [6.07, 6.45) is 2.10. The minimum Gasteiger partial charge on any atom is -0.490 e. The van der Waals surface area contributed by atoms with Crippen LogP contribution < -0.4 is 9.47 Å². The zero-order valence-electron chi connectivity index (χ0n) is 11.4. The van der Waals surface area contributed by atoms with Crippen molar-refractivity contribution in [2.24, 2.45) is 5.41 Å². The molecule has 1 aromatic rings. The van der Waals surface area contributed by atoms with E-state index in [0.717, 1.165) is 42.9 Å². The molecule has 0 saturated carbocycles. The van der Waals surface area contributed by atoms with Crippen molar-refractivity contribution < 1.29 is 14.2 Å². The maximum atomic E-state index is 5.88. The summed E-state index contributed by atoms with van der Waals surface area (Å²) < 4.78 is 16.9. The number of para-hydroxylation sites is 2. The van der Waals surface area contributed by atoms with Gasteiger partial charge in [-0.15, -0.1) is 0 Å². The number of hydrogen-bond acceptors (Lipinski definition) is 3. The summed E-state index contributed by atoms with van der Waals surface area (Å²) in [4.78, 5) is 0. The number of ether oxygens (including phenoxy) is 3. The summed E-state index contributed by atoms with van der Waals surface area (Å²) in [7, 11) is 0. The van der Waals surface area contributed by atoms with Gasteiger partial charge in [0.1, 0.15) is 0 Å². The smallest absolute Gasteiger partial charge is 0.161 e. The molecule has 106 valence electrons. The van der Waals surface area contributed by atoms with Crippen molar-refractivity contribution >= 4 is 15.9 Å². The zero-order valence-corrected chi connectivity index (χ0v) is 12.9. The van der Waals surface area contributed by atoms with Crippen molar-refractivity contribution in [3.05, 3.63) is 24.3 Å². The highest BCUT2D eigenvalue weighted by molar-refractivity contribution is 9.09. The van der Waals surface area contributed by atoms with Gasteiger partial charge < -0.3 is 14.2 Å². The third-order valence-corrected chi connectivity index (χ3v) is 4.70. The fourth-order valence-electron chi connectivity index (χ4n) is 2.24. The summed E-state index contributed by atoms with van der Waals surface area (Å²) in [6, 6.07) is 7.83. The van der Waals surface area contributed by atoms with Crippen LogP contribution in [-0.4, -0.2) is 31.8 Å². The van der Waals surface area contributed by atoms with Crippen LogP contribution in [0.2, 0.25) is 0 Å². The number of halogens is 1. The Morgan fingerprint density at radius 2 is 2.00 bits per heavy atom. The van der Waals surface area contributed by atoms with E-state index in [1.807, 2.05) is 31.2 Å². The van der Waals surface area contributed by atoms with Gasteiger partial charge in [0.05, 0.1) is 19.8 Å². The van der Waals surface area contributed by atoms with E-state index < -0.39 is 0 Å². The first kappa shape index (κ1) is 14.7. The molecule has 2 rings (SSSR count). The SMILES string of the molecule is CCOc1ccccc1OCCC1(CBr)CCOC1. The highest BCUT2D eigenvalue weighted by Gasteiger charge is 2.33. The molecular weight excluding hydrogens is 308 g/mol. The monoisotopic (exact) mass is 328 g/mol. The zero-order chi connectivity index (χ0) is 13.6. The van der Waals surface area contributed by atoms with Gasteiger partial charge in [0.25, 0.3) is 0 Å². The molecule has 0 spiro atoms. The van der Waals surface area contributed by atoms with Gasteiger partial charge in [-0.3, -0.25) is 0 Å². The molecule has 1 aromatic carbocycles. The molecule has 0 radical (unpaired) electrons. The summed E-state index contributed by atoms with van der Waals surface area (Å²) in [5, 5.41) is 0.969. The molecule has 1 unspecified atom stereocenters. The summed E-state index contributed by atoms with van der Waals surface area (Å²) in [5.74, 6) is 1.65. The maximum absolute atomic E-state index is 5.88. The molecule has 1 saturated heterocycles. The molecule has 1 fully saturated rings. The van der Waals surface area contributed by atoms with Crippen LogP contribution in [0.3, 0.4) is 0 Å². The Hall–Kier alpha value is -0.740. The molecule has 0 N–H and O–H groups in total. The Morgan fingerprint density at radius 1 is 1.26 bits per heavy atom. The van der Waals surface area contributed by atoms with Crippen LogP contribution in [0, 0.1) is 5.41 Å².